The number of methoxy groups -OCH3 is 1. The summed E-state index contributed by atoms with van der Waals surface area (Å²) in [4.78, 5) is 23.1. The zero-order valence-electron chi connectivity index (χ0n) is 14.5. The molecule has 0 heterocycles. The molecular formula is C20H18F3NO3. The van der Waals surface area contributed by atoms with Crippen molar-refractivity contribution in [3.63, 3.8) is 0 Å². The third kappa shape index (κ3) is 6.29. The summed E-state index contributed by atoms with van der Waals surface area (Å²) >= 11 is 0. The standard InChI is InChI=1S/C20H18F3NO3/c1-27-19(26)16-7-2-14(3-8-16)6-11-18(25)24-13-12-15-4-9-17(10-5-15)20(21,22)23/h2-11H,12-13H2,1H3,(H,24,25)/b11-6+. The zero-order valence-corrected chi connectivity index (χ0v) is 14.5. The predicted octanol–water partition coefficient (Wildman–Crippen LogP) is 3.86. The monoisotopic (exact) mass is 377 g/mol. The summed E-state index contributed by atoms with van der Waals surface area (Å²) in [6.07, 6.45) is -0.993. The Bertz CT molecular complexity index is 810. The van der Waals surface area contributed by atoms with Gasteiger partial charge in [-0.2, -0.15) is 13.2 Å². The first-order valence-corrected chi connectivity index (χ1v) is 8.10. The van der Waals surface area contributed by atoms with Crippen LogP contribution in [0.25, 0.3) is 6.08 Å². The first kappa shape index (κ1) is 20.2. The van der Waals surface area contributed by atoms with E-state index in [1.165, 1.54) is 25.3 Å². The van der Waals surface area contributed by atoms with Gasteiger partial charge in [0.15, 0.2) is 0 Å². The molecule has 0 saturated carbocycles. The highest BCUT2D eigenvalue weighted by atomic mass is 19.4. The predicted molar refractivity (Wildman–Crippen MR) is 95.0 cm³/mol. The molecule has 2 aromatic carbocycles. The van der Waals surface area contributed by atoms with E-state index in [0.717, 1.165) is 17.7 Å². The molecule has 27 heavy (non-hydrogen) atoms. The fraction of sp³-hybridized carbons (Fsp3) is 0.200. The lowest BCUT2D eigenvalue weighted by Gasteiger charge is -2.07. The molecule has 0 unspecified atom stereocenters. The molecule has 0 saturated heterocycles. The van der Waals surface area contributed by atoms with Crippen LogP contribution in [0.15, 0.2) is 54.6 Å². The van der Waals surface area contributed by atoms with E-state index in [-0.39, 0.29) is 5.91 Å². The van der Waals surface area contributed by atoms with Gasteiger partial charge in [0.05, 0.1) is 18.2 Å². The molecule has 0 fully saturated rings. The van der Waals surface area contributed by atoms with E-state index in [0.29, 0.717) is 24.1 Å². The SMILES string of the molecule is COC(=O)c1ccc(/C=C/C(=O)NCCc2ccc(C(F)(F)F)cc2)cc1. The number of nitrogens with one attached hydrogen (secondary N) is 1. The maximum atomic E-state index is 12.5. The van der Waals surface area contributed by atoms with Crippen molar-refractivity contribution in [3.05, 3.63) is 76.9 Å². The molecule has 0 aliphatic rings. The van der Waals surface area contributed by atoms with Crippen molar-refractivity contribution in [2.24, 2.45) is 0 Å². The molecule has 142 valence electrons. The van der Waals surface area contributed by atoms with E-state index in [9.17, 15) is 22.8 Å². The molecule has 0 spiro atoms. The Morgan fingerprint density at radius 1 is 1.04 bits per heavy atom. The third-order valence-electron chi connectivity index (χ3n) is 3.75. The van der Waals surface area contributed by atoms with Crippen LogP contribution in [0.5, 0.6) is 0 Å². The second kappa shape index (κ2) is 9.02. The van der Waals surface area contributed by atoms with Crippen LogP contribution < -0.4 is 5.32 Å². The lowest BCUT2D eigenvalue weighted by atomic mass is 10.1. The average molecular weight is 377 g/mol. The molecule has 2 aromatic rings. The summed E-state index contributed by atoms with van der Waals surface area (Å²) in [5.74, 6) is -0.759. The lowest BCUT2D eigenvalue weighted by Crippen LogP contribution is -2.23. The van der Waals surface area contributed by atoms with Crippen molar-refractivity contribution in [3.8, 4) is 0 Å². The maximum absolute atomic E-state index is 12.5. The van der Waals surface area contributed by atoms with Crippen LogP contribution >= 0.6 is 0 Å². The molecule has 1 N–H and O–H groups in total. The Balaban J connectivity index is 1.80. The number of esters is 1. The maximum Gasteiger partial charge on any atom is 0.416 e. The van der Waals surface area contributed by atoms with Gasteiger partial charge in [0, 0.05) is 12.6 Å². The van der Waals surface area contributed by atoms with Crippen molar-refractivity contribution in [1.29, 1.82) is 0 Å². The van der Waals surface area contributed by atoms with Crippen LogP contribution in [0.4, 0.5) is 13.2 Å². The summed E-state index contributed by atoms with van der Waals surface area (Å²) in [6.45, 7) is 0.301. The first-order valence-electron chi connectivity index (χ1n) is 8.10. The number of rotatable bonds is 6. The summed E-state index contributed by atoms with van der Waals surface area (Å²) in [6, 6.07) is 11.4. The van der Waals surface area contributed by atoms with Gasteiger partial charge in [-0.15, -0.1) is 0 Å². The minimum absolute atomic E-state index is 0.301. The Labute approximate surface area is 154 Å². The molecule has 0 radical (unpaired) electrons. The van der Waals surface area contributed by atoms with Gasteiger partial charge in [0.1, 0.15) is 0 Å². The fourth-order valence-corrected chi connectivity index (χ4v) is 2.27. The highest BCUT2D eigenvalue weighted by Gasteiger charge is 2.29. The van der Waals surface area contributed by atoms with E-state index in [1.54, 1.807) is 30.3 Å². The van der Waals surface area contributed by atoms with Crippen LogP contribution in [0.3, 0.4) is 0 Å². The first-order chi connectivity index (χ1) is 12.8. The van der Waals surface area contributed by atoms with Gasteiger partial charge in [-0.1, -0.05) is 24.3 Å². The van der Waals surface area contributed by atoms with E-state index in [1.807, 2.05) is 0 Å². The molecule has 4 nitrogen and oxygen atoms in total. The Morgan fingerprint density at radius 3 is 2.22 bits per heavy atom. The molecule has 0 aliphatic carbocycles. The minimum atomic E-state index is -4.35. The number of hydrogen-bond donors (Lipinski definition) is 1. The van der Waals surface area contributed by atoms with Gasteiger partial charge in [-0.3, -0.25) is 4.79 Å². The number of halogens is 3. The number of amides is 1. The largest absolute Gasteiger partial charge is 0.465 e. The van der Waals surface area contributed by atoms with Crippen LogP contribution in [0, 0.1) is 0 Å². The summed E-state index contributed by atoms with van der Waals surface area (Å²) < 4.78 is 42.1. The van der Waals surface area contributed by atoms with Gasteiger partial charge < -0.3 is 10.1 Å². The number of benzene rings is 2. The highest BCUT2D eigenvalue weighted by molar-refractivity contribution is 5.92. The molecule has 0 aliphatic heterocycles. The molecule has 0 aromatic heterocycles. The van der Waals surface area contributed by atoms with Crippen molar-refractivity contribution < 1.29 is 27.5 Å². The third-order valence-corrected chi connectivity index (χ3v) is 3.75. The molecular weight excluding hydrogens is 359 g/mol. The van der Waals surface area contributed by atoms with E-state index >= 15 is 0 Å². The number of alkyl halides is 3. The molecule has 7 heteroatoms. The van der Waals surface area contributed by atoms with Crippen molar-refractivity contribution in [2.45, 2.75) is 12.6 Å². The smallest absolute Gasteiger partial charge is 0.416 e. The quantitative estimate of drug-likeness (QED) is 0.614. The van der Waals surface area contributed by atoms with E-state index in [4.69, 9.17) is 0 Å². The summed E-state index contributed by atoms with van der Waals surface area (Å²) in [5.41, 5.74) is 1.15. The number of carbonyl (C=O) groups is 2. The average Bonchev–Trinajstić information content (AvgIpc) is 2.66. The van der Waals surface area contributed by atoms with Gasteiger partial charge in [0.2, 0.25) is 5.91 Å². The van der Waals surface area contributed by atoms with Gasteiger partial charge in [0.25, 0.3) is 0 Å². The van der Waals surface area contributed by atoms with Crippen LogP contribution in [-0.4, -0.2) is 25.5 Å². The lowest BCUT2D eigenvalue weighted by molar-refractivity contribution is -0.137. The second-order valence-corrected chi connectivity index (χ2v) is 5.68. The van der Waals surface area contributed by atoms with Crippen LogP contribution in [0.1, 0.15) is 27.0 Å². The van der Waals surface area contributed by atoms with Crippen molar-refractivity contribution in [2.75, 3.05) is 13.7 Å². The summed E-state index contributed by atoms with van der Waals surface area (Å²) in [5, 5.41) is 2.66. The molecule has 2 rings (SSSR count). The van der Waals surface area contributed by atoms with E-state index in [2.05, 4.69) is 10.1 Å². The minimum Gasteiger partial charge on any atom is -0.465 e. The molecule has 0 atom stereocenters. The number of hydrogen-bond acceptors (Lipinski definition) is 3. The van der Waals surface area contributed by atoms with Gasteiger partial charge in [-0.25, -0.2) is 4.79 Å². The zero-order chi connectivity index (χ0) is 19.9. The Hall–Kier alpha value is -3.09. The molecule has 0 bridgehead atoms. The second-order valence-electron chi connectivity index (χ2n) is 5.68. The highest BCUT2D eigenvalue weighted by Crippen LogP contribution is 2.29. The number of carbonyl (C=O) groups excluding carboxylic acids is 2. The van der Waals surface area contributed by atoms with Gasteiger partial charge >= 0.3 is 12.1 Å². The fourth-order valence-electron chi connectivity index (χ4n) is 2.27. The van der Waals surface area contributed by atoms with Gasteiger partial charge in [-0.05, 0) is 47.9 Å². The van der Waals surface area contributed by atoms with E-state index < -0.39 is 17.7 Å². The van der Waals surface area contributed by atoms with Crippen LogP contribution in [0.2, 0.25) is 0 Å². The van der Waals surface area contributed by atoms with Crippen molar-refractivity contribution >= 4 is 18.0 Å². The Kier molecular flexibility index (Phi) is 6.76. The Morgan fingerprint density at radius 2 is 1.67 bits per heavy atom. The summed E-state index contributed by atoms with van der Waals surface area (Å²) in [7, 11) is 1.30. The van der Waals surface area contributed by atoms with Crippen LogP contribution in [-0.2, 0) is 22.1 Å². The van der Waals surface area contributed by atoms with Crippen molar-refractivity contribution in [1.82, 2.24) is 5.32 Å². The topological polar surface area (TPSA) is 55.4 Å². The molecule has 1 amide bonds. The normalized spacial score (nSPS) is 11.4. The number of ether oxygens (including phenoxy) is 1.